The van der Waals surface area contributed by atoms with Crippen LogP contribution in [-0.4, -0.2) is 14.1 Å². The molecule has 0 N–H and O–H groups in total. The molecule has 7 nitrogen and oxygen atoms in total. The molecular formula is C17H19N3O4. The SMILES string of the molecule is Cc1c([N+](=O)[O-])c(=O)n(C2CCC2)c(=O)n1C(C)c1ccccc1. The minimum absolute atomic E-state index is 0.0990. The van der Waals surface area contributed by atoms with Crippen molar-refractivity contribution in [2.24, 2.45) is 0 Å². The smallest absolute Gasteiger partial charge is 0.284 e. The molecule has 0 spiro atoms. The minimum Gasteiger partial charge on any atom is -0.284 e. The van der Waals surface area contributed by atoms with Crippen molar-refractivity contribution < 1.29 is 4.92 Å². The highest BCUT2D eigenvalue weighted by Gasteiger charge is 2.32. The van der Waals surface area contributed by atoms with Crippen LogP contribution in [-0.2, 0) is 0 Å². The fourth-order valence-corrected chi connectivity index (χ4v) is 3.24. The van der Waals surface area contributed by atoms with E-state index in [4.69, 9.17) is 0 Å². The summed E-state index contributed by atoms with van der Waals surface area (Å²) < 4.78 is 2.45. The highest BCUT2D eigenvalue weighted by atomic mass is 16.6. The largest absolute Gasteiger partial charge is 0.353 e. The lowest BCUT2D eigenvalue weighted by Gasteiger charge is -2.28. The van der Waals surface area contributed by atoms with Gasteiger partial charge in [0.15, 0.2) is 0 Å². The van der Waals surface area contributed by atoms with Gasteiger partial charge in [-0.05, 0) is 38.7 Å². The number of nitro groups is 1. The topological polar surface area (TPSA) is 87.1 Å². The maximum Gasteiger partial charge on any atom is 0.353 e. The van der Waals surface area contributed by atoms with Crippen molar-refractivity contribution in [1.29, 1.82) is 0 Å². The van der Waals surface area contributed by atoms with Crippen molar-refractivity contribution in [3.8, 4) is 0 Å². The molecule has 1 atom stereocenters. The molecule has 24 heavy (non-hydrogen) atoms. The number of rotatable bonds is 4. The standard InChI is InChI=1S/C17H19N3O4/c1-11(13-7-4-3-5-8-13)18-12(2)15(20(23)24)16(21)19(17(18)22)14-9-6-10-14/h3-5,7-8,11,14H,6,9-10H2,1-2H3. The van der Waals surface area contributed by atoms with Gasteiger partial charge < -0.3 is 0 Å². The van der Waals surface area contributed by atoms with Gasteiger partial charge in [0, 0.05) is 6.04 Å². The summed E-state index contributed by atoms with van der Waals surface area (Å²) in [4.78, 5) is 36.2. The highest BCUT2D eigenvalue weighted by Crippen LogP contribution is 2.30. The van der Waals surface area contributed by atoms with Gasteiger partial charge in [0.1, 0.15) is 5.69 Å². The second-order valence-corrected chi connectivity index (χ2v) is 6.19. The van der Waals surface area contributed by atoms with Gasteiger partial charge in [-0.2, -0.15) is 0 Å². The fraction of sp³-hybridized carbons (Fsp3) is 0.412. The summed E-state index contributed by atoms with van der Waals surface area (Å²) in [6.07, 6.45) is 2.33. The third-order valence-electron chi connectivity index (χ3n) is 4.83. The first-order valence-electron chi connectivity index (χ1n) is 8.00. The zero-order valence-corrected chi connectivity index (χ0v) is 13.6. The van der Waals surface area contributed by atoms with Gasteiger partial charge >= 0.3 is 16.9 Å². The number of aromatic nitrogens is 2. The van der Waals surface area contributed by atoms with Gasteiger partial charge in [-0.15, -0.1) is 0 Å². The summed E-state index contributed by atoms with van der Waals surface area (Å²) in [5, 5.41) is 11.4. The van der Waals surface area contributed by atoms with E-state index in [1.165, 1.54) is 11.5 Å². The van der Waals surface area contributed by atoms with Gasteiger partial charge in [-0.1, -0.05) is 30.3 Å². The van der Waals surface area contributed by atoms with Crippen molar-refractivity contribution in [2.45, 2.75) is 45.2 Å². The molecule has 1 saturated carbocycles. The average molecular weight is 329 g/mol. The average Bonchev–Trinajstić information content (AvgIpc) is 2.50. The third-order valence-corrected chi connectivity index (χ3v) is 4.83. The van der Waals surface area contributed by atoms with Crippen LogP contribution in [0.25, 0.3) is 0 Å². The van der Waals surface area contributed by atoms with E-state index in [1.54, 1.807) is 0 Å². The van der Waals surface area contributed by atoms with Gasteiger partial charge in [-0.25, -0.2) is 4.79 Å². The van der Waals surface area contributed by atoms with Crippen molar-refractivity contribution in [3.63, 3.8) is 0 Å². The van der Waals surface area contributed by atoms with Crippen molar-refractivity contribution in [1.82, 2.24) is 9.13 Å². The molecule has 0 aliphatic heterocycles. The zero-order valence-electron chi connectivity index (χ0n) is 13.6. The summed E-state index contributed by atoms with van der Waals surface area (Å²) in [5.41, 5.74) is -0.810. The van der Waals surface area contributed by atoms with Crippen LogP contribution in [0.3, 0.4) is 0 Å². The Morgan fingerprint density at radius 3 is 2.33 bits per heavy atom. The van der Waals surface area contributed by atoms with Crippen LogP contribution in [0.5, 0.6) is 0 Å². The van der Waals surface area contributed by atoms with Gasteiger partial charge in [0.2, 0.25) is 0 Å². The molecule has 2 aromatic rings. The zero-order chi connectivity index (χ0) is 17.4. The van der Waals surface area contributed by atoms with Crippen LogP contribution in [0.15, 0.2) is 39.9 Å². The Kier molecular flexibility index (Phi) is 4.09. The van der Waals surface area contributed by atoms with E-state index in [9.17, 15) is 19.7 Å². The molecule has 0 radical (unpaired) electrons. The maximum atomic E-state index is 12.9. The quantitative estimate of drug-likeness (QED) is 0.637. The van der Waals surface area contributed by atoms with E-state index in [0.717, 1.165) is 16.6 Å². The second-order valence-electron chi connectivity index (χ2n) is 6.19. The van der Waals surface area contributed by atoms with Crippen molar-refractivity contribution in [3.05, 3.63) is 72.5 Å². The Hall–Kier alpha value is -2.70. The number of benzene rings is 1. The molecule has 0 saturated heterocycles. The van der Waals surface area contributed by atoms with Crippen LogP contribution in [0.2, 0.25) is 0 Å². The van der Waals surface area contributed by atoms with Crippen molar-refractivity contribution in [2.75, 3.05) is 0 Å². The van der Waals surface area contributed by atoms with Crippen LogP contribution in [0.4, 0.5) is 5.69 Å². The van der Waals surface area contributed by atoms with E-state index in [0.29, 0.717) is 12.8 Å². The van der Waals surface area contributed by atoms with Crippen LogP contribution in [0, 0.1) is 17.0 Å². The molecule has 1 aliphatic carbocycles. The first-order chi connectivity index (χ1) is 11.4. The molecule has 1 fully saturated rings. The summed E-state index contributed by atoms with van der Waals surface area (Å²) in [6, 6.07) is 8.65. The van der Waals surface area contributed by atoms with Gasteiger partial charge in [0.25, 0.3) is 0 Å². The minimum atomic E-state index is -0.788. The molecule has 126 valence electrons. The molecule has 0 bridgehead atoms. The monoisotopic (exact) mass is 329 g/mol. The van der Waals surface area contributed by atoms with E-state index in [-0.39, 0.29) is 11.7 Å². The predicted molar refractivity (Wildman–Crippen MR) is 89.5 cm³/mol. The molecular weight excluding hydrogens is 310 g/mol. The Bertz CT molecular complexity index is 895. The predicted octanol–water partition coefficient (Wildman–Crippen LogP) is 2.56. The number of hydrogen-bond acceptors (Lipinski definition) is 4. The first-order valence-corrected chi connectivity index (χ1v) is 8.00. The Balaban J connectivity index is 2.29. The van der Waals surface area contributed by atoms with Gasteiger partial charge in [-0.3, -0.25) is 24.0 Å². The summed E-state index contributed by atoms with van der Waals surface area (Å²) in [5.74, 6) is 0. The molecule has 3 rings (SSSR count). The molecule has 1 unspecified atom stereocenters. The van der Waals surface area contributed by atoms with E-state index in [1.807, 2.05) is 37.3 Å². The normalized spacial score (nSPS) is 15.8. The second kappa shape index (κ2) is 6.07. The lowest BCUT2D eigenvalue weighted by atomic mass is 9.93. The van der Waals surface area contributed by atoms with Crippen LogP contribution in [0.1, 0.15) is 49.5 Å². The highest BCUT2D eigenvalue weighted by molar-refractivity contribution is 5.34. The summed E-state index contributed by atoms with van der Waals surface area (Å²) >= 11 is 0. The lowest BCUT2D eigenvalue weighted by molar-refractivity contribution is -0.387. The third kappa shape index (κ3) is 2.46. The Morgan fingerprint density at radius 2 is 1.83 bits per heavy atom. The molecule has 1 aromatic heterocycles. The molecule has 7 heteroatoms. The maximum absolute atomic E-state index is 12.9. The molecule has 0 amide bonds. The molecule has 1 heterocycles. The molecule has 1 aromatic carbocycles. The van der Waals surface area contributed by atoms with E-state index >= 15 is 0 Å². The van der Waals surface area contributed by atoms with Gasteiger partial charge in [0.05, 0.1) is 11.0 Å². The summed E-state index contributed by atoms with van der Waals surface area (Å²) in [7, 11) is 0. The lowest BCUT2D eigenvalue weighted by Crippen LogP contribution is -2.46. The van der Waals surface area contributed by atoms with Crippen LogP contribution < -0.4 is 11.2 Å². The number of hydrogen-bond donors (Lipinski definition) is 0. The molecule has 1 aliphatic rings. The Labute approximate surface area is 138 Å². The van der Waals surface area contributed by atoms with Crippen LogP contribution >= 0.6 is 0 Å². The first kappa shape index (κ1) is 16.2. The fourth-order valence-electron chi connectivity index (χ4n) is 3.24. The Morgan fingerprint density at radius 1 is 1.21 bits per heavy atom. The summed E-state index contributed by atoms with van der Waals surface area (Å²) in [6.45, 7) is 3.27. The van der Waals surface area contributed by atoms with E-state index < -0.39 is 27.9 Å². The van der Waals surface area contributed by atoms with Crippen molar-refractivity contribution >= 4 is 5.69 Å². The van der Waals surface area contributed by atoms with E-state index in [2.05, 4.69) is 0 Å². The number of nitrogens with zero attached hydrogens (tertiary/aromatic N) is 3.